The van der Waals surface area contributed by atoms with E-state index in [-0.39, 0.29) is 51.0 Å². The number of rotatable bonds is 1. The molecule has 2 aromatic rings. The first-order valence-electron chi connectivity index (χ1n) is 5.69. The first-order chi connectivity index (χ1) is 7.84. The number of benzene rings is 2. The van der Waals surface area contributed by atoms with Gasteiger partial charge in [-0.2, -0.15) is 0 Å². The predicted molar refractivity (Wildman–Crippen MR) is 69.2 cm³/mol. The van der Waals surface area contributed by atoms with Gasteiger partial charge in [-0.3, -0.25) is 0 Å². The predicted octanol–water partition coefficient (Wildman–Crippen LogP) is -1.68. The molecule has 2 aromatic carbocycles. The van der Waals surface area contributed by atoms with Crippen LogP contribution in [0.5, 0.6) is 0 Å². The van der Waals surface area contributed by atoms with Gasteiger partial charge in [0.25, 0.3) is 0 Å². The molecule has 0 saturated carbocycles. The molecule has 0 aliphatic heterocycles. The molecule has 0 fully saturated rings. The Bertz CT molecular complexity index is 562. The van der Waals surface area contributed by atoms with Gasteiger partial charge in [0.1, 0.15) is 0 Å². The van der Waals surface area contributed by atoms with E-state index >= 15 is 0 Å². The Morgan fingerprint density at radius 1 is 0.842 bits per heavy atom. The molecule has 0 nitrogen and oxygen atoms in total. The van der Waals surface area contributed by atoms with Crippen LogP contribution >= 0.6 is 0 Å². The maximum Gasteiger partial charge on any atom is 2.00 e. The molecule has 1 aliphatic carbocycles. The van der Waals surface area contributed by atoms with Crippen LogP contribution in [0.25, 0.3) is 17.2 Å². The number of fused-ring (bicyclic) bond motifs is 1. The third-order valence-corrected chi connectivity index (χ3v) is 3.14. The summed E-state index contributed by atoms with van der Waals surface area (Å²) in [5.74, 6) is 0. The van der Waals surface area contributed by atoms with Crippen molar-refractivity contribution in [3.8, 4) is 11.1 Å². The van der Waals surface area contributed by atoms with E-state index in [1.165, 1.54) is 27.8 Å². The fourth-order valence-electron chi connectivity index (χ4n) is 2.40. The van der Waals surface area contributed by atoms with Crippen molar-refractivity contribution in [2.75, 3.05) is 0 Å². The minimum atomic E-state index is 0. The van der Waals surface area contributed by atoms with Crippen LogP contribution in [0.4, 0.5) is 0 Å². The van der Waals surface area contributed by atoms with Crippen molar-refractivity contribution in [3.63, 3.8) is 0 Å². The van der Waals surface area contributed by atoms with Gasteiger partial charge in [0.2, 0.25) is 0 Å². The second-order valence-corrected chi connectivity index (χ2v) is 4.41. The number of hydrogen-bond acceptors (Lipinski definition) is 0. The van der Waals surface area contributed by atoms with Crippen molar-refractivity contribution in [1.82, 2.24) is 0 Å². The molecular weight excluding hydrogens is 354 g/mol. The fraction of sp³-hybridized carbons (Fsp3) is 0.125. The first kappa shape index (κ1) is 18.6. The number of halogens is 2. The zero-order chi connectivity index (χ0) is 11.0. The van der Waals surface area contributed by atoms with Crippen LogP contribution in [-0.2, 0) is 32.6 Å². The van der Waals surface area contributed by atoms with Gasteiger partial charge in [0, 0.05) is 0 Å². The van der Waals surface area contributed by atoms with E-state index < -0.39 is 0 Å². The van der Waals surface area contributed by atoms with E-state index in [4.69, 9.17) is 0 Å². The van der Waals surface area contributed by atoms with Crippen LogP contribution in [0.2, 0.25) is 0 Å². The SMILES string of the molecule is CC1=Cc2c(cccc2-c2ccccc2)C1.[Cl-].[Cl-].[Zr+2]. The summed E-state index contributed by atoms with van der Waals surface area (Å²) in [5, 5.41) is 0. The number of hydrogen-bond donors (Lipinski definition) is 0. The zero-order valence-corrected chi connectivity index (χ0v) is 14.6. The molecule has 0 N–H and O–H groups in total. The van der Waals surface area contributed by atoms with Crippen molar-refractivity contribution in [2.24, 2.45) is 0 Å². The minimum absolute atomic E-state index is 0. The summed E-state index contributed by atoms with van der Waals surface area (Å²) >= 11 is 0. The van der Waals surface area contributed by atoms with Gasteiger partial charge < -0.3 is 24.8 Å². The largest absolute Gasteiger partial charge is 2.00 e. The zero-order valence-electron chi connectivity index (χ0n) is 10.7. The van der Waals surface area contributed by atoms with Crippen molar-refractivity contribution in [1.29, 1.82) is 0 Å². The molecule has 0 aromatic heterocycles. The fourth-order valence-corrected chi connectivity index (χ4v) is 2.40. The molecule has 19 heavy (non-hydrogen) atoms. The van der Waals surface area contributed by atoms with Crippen LogP contribution < -0.4 is 24.8 Å². The van der Waals surface area contributed by atoms with Gasteiger partial charge in [-0.1, -0.05) is 60.2 Å². The van der Waals surface area contributed by atoms with Crippen molar-refractivity contribution in [2.45, 2.75) is 13.3 Å². The molecule has 0 saturated heterocycles. The summed E-state index contributed by atoms with van der Waals surface area (Å²) < 4.78 is 0. The average Bonchev–Trinajstić information content (AvgIpc) is 2.70. The Kier molecular flexibility index (Phi) is 7.90. The molecule has 0 heterocycles. The topological polar surface area (TPSA) is 0 Å². The van der Waals surface area contributed by atoms with Crippen LogP contribution in [0.3, 0.4) is 0 Å². The summed E-state index contributed by atoms with van der Waals surface area (Å²) in [6, 6.07) is 17.2. The second-order valence-electron chi connectivity index (χ2n) is 4.41. The molecule has 0 bridgehead atoms. The molecule has 3 heteroatoms. The van der Waals surface area contributed by atoms with Crippen molar-refractivity contribution in [3.05, 3.63) is 65.2 Å². The van der Waals surface area contributed by atoms with Crippen LogP contribution in [0.1, 0.15) is 18.1 Å². The average molecular weight is 368 g/mol. The summed E-state index contributed by atoms with van der Waals surface area (Å²) in [6.07, 6.45) is 3.42. The minimum Gasteiger partial charge on any atom is -1.00 e. The summed E-state index contributed by atoms with van der Waals surface area (Å²) in [4.78, 5) is 0. The molecule has 0 radical (unpaired) electrons. The first-order valence-corrected chi connectivity index (χ1v) is 5.69. The summed E-state index contributed by atoms with van der Waals surface area (Å²) in [6.45, 7) is 2.20. The van der Waals surface area contributed by atoms with E-state index in [1.54, 1.807) is 0 Å². The monoisotopic (exact) mass is 366 g/mol. The molecule has 3 rings (SSSR count). The molecule has 0 unspecified atom stereocenters. The maximum absolute atomic E-state index is 2.32. The van der Waals surface area contributed by atoms with Crippen LogP contribution in [-0.4, -0.2) is 0 Å². The molecular formula is C16H14Cl2Zr. The Balaban J connectivity index is 0.00000108. The third kappa shape index (κ3) is 3.81. The number of allylic oxidation sites excluding steroid dienone is 1. The van der Waals surface area contributed by atoms with Gasteiger partial charge >= 0.3 is 26.2 Å². The van der Waals surface area contributed by atoms with E-state index in [0.717, 1.165) is 6.42 Å². The van der Waals surface area contributed by atoms with Gasteiger partial charge in [-0.15, -0.1) is 0 Å². The molecule has 0 amide bonds. The summed E-state index contributed by atoms with van der Waals surface area (Å²) in [7, 11) is 0. The normalized spacial score (nSPS) is 11.3. The second kappa shape index (κ2) is 8.05. The molecule has 0 spiro atoms. The van der Waals surface area contributed by atoms with E-state index in [9.17, 15) is 0 Å². The van der Waals surface area contributed by atoms with E-state index in [0.29, 0.717) is 0 Å². The van der Waals surface area contributed by atoms with Crippen molar-refractivity contribution >= 4 is 6.08 Å². The Morgan fingerprint density at radius 2 is 1.53 bits per heavy atom. The van der Waals surface area contributed by atoms with Crippen LogP contribution in [0, 0.1) is 0 Å². The van der Waals surface area contributed by atoms with Gasteiger partial charge in [-0.05, 0) is 35.6 Å². The third-order valence-electron chi connectivity index (χ3n) is 3.14. The smallest absolute Gasteiger partial charge is 1.00 e. The standard InChI is InChI=1S/C16H14.2ClH.Zr/c1-12-10-14-8-5-9-15(16(14)11-12)13-6-3-2-4-7-13;;;/h2-9,11H,10H2,1H3;2*1H;/q;;;+2/p-2. The molecule has 1 aliphatic rings. The van der Waals surface area contributed by atoms with Gasteiger partial charge in [0.05, 0.1) is 0 Å². The van der Waals surface area contributed by atoms with E-state index in [2.05, 4.69) is 61.5 Å². The maximum atomic E-state index is 2.32. The van der Waals surface area contributed by atoms with Gasteiger partial charge in [-0.25, -0.2) is 0 Å². The quantitative estimate of drug-likeness (QED) is 0.564. The summed E-state index contributed by atoms with van der Waals surface area (Å²) in [5.41, 5.74) is 6.99. The Morgan fingerprint density at radius 3 is 2.21 bits per heavy atom. The van der Waals surface area contributed by atoms with Crippen molar-refractivity contribution < 1.29 is 51.0 Å². The Labute approximate surface area is 146 Å². The molecule has 96 valence electrons. The molecule has 0 atom stereocenters. The Hall–Kier alpha value is -0.357. The van der Waals surface area contributed by atoms with Gasteiger partial charge in [0.15, 0.2) is 0 Å². The van der Waals surface area contributed by atoms with E-state index in [1.807, 2.05) is 0 Å². The van der Waals surface area contributed by atoms with Crippen LogP contribution in [0.15, 0.2) is 54.1 Å².